The third-order valence-electron chi connectivity index (χ3n) is 11.2. The van der Waals surface area contributed by atoms with Crippen molar-refractivity contribution in [2.75, 3.05) is 4.90 Å². The highest BCUT2D eigenvalue weighted by molar-refractivity contribution is 6.12. The van der Waals surface area contributed by atoms with Gasteiger partial charge in [-0.1, -0.05) is 152 Å². The zero-order valence-corrected chi connectivity index (χ0v) is 31.1. The second kappa shape index (κ2) is 13.6. The summed E-state index contributed by atoms with van der Waals surface area (Å²) in [6, 6.07) is 78.2. The molecule has 9 aromatic carbocycles. The summed E-state index contributed by atoms with van der Waals surface area (Å²) < 4.78 is 8.66. The van der Waals surface area contributed by atoms with E-state index in [9.17, 15) is 0 Å². The molecule has 2 heterocycles. The first-order valence-corrected chi connectivity index (χ1v) is 19.4. The summed E-state index contributed by atoms with van der Waals surface area (Å²) in [6.45, 7) is 0. The van der Waals surface area contributed by atoms with Crippen molar-refractivity contribution in [1.29, 1.82) is 0 Å². The molecule has 268 valence electrons. The predicted molar refractivity (Wildman–Crippen MR) is 239 cm³/mol. The van der Waals surface area contributed by atoms with E-state index in [0.717, 1.165) is 66.9 Å². The van der Waals surface area contributed by atoms with E-state index < -0.39 is 0 Å². The van der Waals surface area contributed by atoms with Gasteiger partial charge in [-0.15, -0.1) is 0 Å². The topological polar surface area (TPSA) is 21.3 Å². The number of aromatic nitrogens is 1. The van der Waals surface area contributed by atoms with Crippen molar-refractivity contribution in [2.45, 2.75) is 0 Å². The first-order chi connectivity index (χ1) is 28.3. The molecule has 0 spiro atoms. The normalized spacial score (nSPS) is 11.5. The fourth-order valence-electron chi connectivity index (χ4n) is 8.61. The second-order valence-electron chi connectivity index (χ2n) is 14.5. The lowest BCUT2D eigenvalue weighted by molar-refractivity contribution is 0.669. The average Bonchev–Trinajstić information content (AvgIpc) is 3.84. The Bertz CT molecular complexity index is 3190. The quantitative estimate of drug-likeness (QED) is 0.163. The van der Waals surface area contributed by atoms with Crippen LogP contribution in [0.2, 0.25) is 0 Å². The SMILES string of the molecule is c1ccc(-c2cccc(-c3ccccc3N(c3ccc(-c4cccc5oc6ccccc6c45)cc3)c3cccc(-n4c5ccccc5c5ccccc54)c3)c2)cc1. The molecule has 0 N–H and O–H groups in total. The molecule has 0 aliphatic rings. The molecule has 3 heteroatoms. The van der Waals surface area contributed by atoms with Gasteiger partial charge in [-0.05, 0) is 94.5 Å². The monoisotopic (exact) mass is 728 g/mol. The molecule has 0 bridgehead atoms. The maximum atomic E-state index is 6.27. The van der Waals surface area contributed by atoms with Crippen LogP contribution in [0, 0.1) is 0 Å². The molecule has 57 heavy (non-hydrogen) atoms. The van der Waals surface area contributed by atoms with E-state index in [4.69, 9.17) is 4.42 Å². The number of furan rings is 1. The van der Waals surface area contributed by atoms with E-state index in [1.165, 1.54) is 32.9 Å². The van der Waals surface area contributed by atoms with Gasteiger partial charge in [0.2, 0.25) is 0 Å². The van der Waals surface area contributed by atoms with Crippen LogP contribution >= 0.6 is 0 Å². The van der Waals surface area contributed by atoms with Gasteiger partial charge in [0.25, 0.3) is 0 Å². The largest absolute Gasteiger partial charge is 0.456 e. The highest BCUT2D eigenvalue weighted by Crippen LogP contribution is 2.44. The van der Waals surface area contributed by atoms with E-state index in [0.29, 0.717) is 0 Å². The molecule has 3 nitrogen and oxygen atoms in total. The third kappa shape index (κ3) is 5.60. The highest BCUT2D eigenvalue weighted by Gasteiger charge is 2.20. The number of fused-ring (bicyclic) bond motifs is 6. The Morgan fingerprint density at radius 3 is 1.75 bits per heavy atom. The number of benzene rings is 9. The van der Waals surface area contributed by atoms with Crippen LogP contribution in [-0.2, 0) is 0 Å². The summed E-state index contributed by atoms with van der Waals surface area (Å²) in [7, 11) is 0. The lowest BCUT2D eigenvalue weighted by atomic mass is 9.96. The number of hydrogen-bond donors (Lipinski definition) is 0. The fourth-order valence-corrected chi connectivity index (χ4v) is 8.61. The van der Waals surface area contributed by atoms with Crippen molar-refractivity contribution in [3.63, 3.8) is 0 Å². The number of rotatable bonds is 7. The zero-order chi connectivity index (χ0) is 37.7. The minimum absolute atomic E-state index is 0.896. The van der Waals surface area contributed by atoms with E-state index >= 15 is 0 Å². The minimum atomic E-state index is 0.896. The zero-order valence-electron chi connectivity index (χ0n) is 31.1. The van der Waals surface area contributed by atoms with Gasteiger partial charge >= 0.3 is 0 Å². The molecule has 0 radical (unpaired) electrons. The predicted octanol–water partition coefficient (Wildman–Crippen LogP) is 15.2. The summed E-state index contributed by atoms with van der Waals surface area (Å²) in [6.07, 6.45) is 0. The van der Waals surface area contributed by atoms with Crippen molar-refractivity contribution < 1.29 is 4.42 Å². The van der Waals surface area contributed by atoms with E-state index in [2.05, 4.69) is 216 Å². The molecule has 0 saturated carbocycles. The molecule has 11 aromatic rings. The van der Waals surface area contributed by atoms with Crippen molar-refractivity contribution in [3.05, 3.63) is 218 Å². The van der Waals surface area contributed by atoms with E-state index in [1.54, 1.807) is 0 Å². The molecule has 0 aliphatic carbocycles. The Hall–Kier alpha value is -7.62. The number of para-hydroxylation sites is 4. The number of anilines is 3. The fraction of sp³-hybridized carbons (Fsp3) is 0. The standard InChI is InChI=1S/C54H36N2O/c1-2-15-37(16-3-1)39-17-12-18-40(35-39)44-21-4-8-26-49(44)55(41-33-31-38(32-34-41)45-25-14-30-53-54(45)48-24-7-11-29-52(48)57-53)42-19-13-20-43(36-42)56-50-27-9-5-22-46(50)47-23-6-10-28-51(47)56/h1-36H. The van der Waals surface area contributed by atoms with Crippen LogP contribution in [0.1, 0.15) is 0 Å². The number of hydrogen-bond acceptors (Lipinski definition) is 2. The summed E-state index contributed by atoms with van der Waals surface area (Å²) in [4.78, 5) is 2.40. The smallest absolute Gasteiger partial charge is 0.136 e. The minimum Gasteiger partial charge on any atom is -0.456 e. The average molecular weight is 729 g/mol. The van der Waals surface area contributed by atoms with Crippen LogP contribution < -0.4 is 4.90 Å². The van der Waals surface area contributed by atoms with E-state index in [1.807, 2.05) is 12.1 Å². The second-order valence-corrected chi connectivity index (χ2v) is 14.5. The van der Waals surface area contributed by atoms with Crippen LogP contribution in [0.5, 0.6) is 0 Å². The Kier molecular flexibility index (Phi) is 7.82. The van der Waals surface area contributed by atoms with Crippen LogP contribution in [0.3, 0.4) is 0 Å². The molecular formula is C54H36N2O. The summed E-state index contributed by atoms with van der Waals surface area (Å²) in [5, 5.41) is 4.76. The van der Waals surface area contributed by atoms with Gasteiger partial charge in [-0.25, -0.2) is 0 Å². The Morgan fingerprint density at radius 1 is 0.351 bits per heavy atom. The summed E-state index contributed by atoms with van der Waals surface area (Å²) >= 11 is 0. The van der Waals surface area contributed by atoms with Gasteiger partial charge in [-0.3, -0.25) is 0 Å². The van der Waals surface area contributed by atoms with E-state index in [-0.39, 0.29) is 0 Å². The molecule has 0 fully saturated rings. The van der Waals surface area contributed by atoms with Crippen molar-refractivity contribution >= 4 is 60.8 Å². The van der Waals surface area contributed by atoms with Gasteiger partial charge < -0.3 is 13.9 Å². The van der Waals surface area contributed by atoms with Crippen LogP contribution in [-0.4, -0.2) is 4.57 Å². The van der Waals surface area contributed by atoms with Crippen molar-refractivity contribution in [3.8, 4) is 39.1 Å². The molecule has 0 atom stereocenters. The third-order valence-corrected chi connectivity index (χ3v) is 11.2. The maximum Gasteiger partial charge on any atom is 0.136 e. The first-order valence-electron chi connectivity index (χ1n) is 19.4. The van der Waals surface area contributed by atoms with Gasteiger partial charge in [0.05, 0.1) is 16.7 Å². The summed E-state index contributed by atoms with van der Waals surface area (Å²) in [5.41, 5.74) is 15.5. The van der Waals surface area contributed by atoms with Crippen molar-refractivity contribution in [2.24, 2.45) is 0 Å². The maximum absolute atomic E-state index is 6.27. The van der Waals surface area contributed by atoms with Gasteiger partial charge in [0.15, 0.2) is 0 Å². The Labute approximate surface area is 330 Å². The van der Waals surface area contributed by atoms with Crippen molar-refractivity contribution in [1.82, 2.24) is 4.57 Å². The Balaban J connectivity index is 1.10. The molecule has 0 unspecified atom stereocenters. The van der Waals surface area contributed by atoms with Crippen LogP contribution in [0.4, 0.5) is 17.1 Å². The van der Waals surface area contributed by atoms with Crippen LogP contribution in [0.25, 0.3) is 82.8 Å². The van der Waals surface area contributed by atoms with Gasteiger partial charge in [-0.2, -0.15) is 0 Å². The molecular weight excluding hydrogens is 693 g/mol. The molecule has 0 aliphatic heterocycles. The Morgan fingerprint density at radius 2 is 0.947 bits per heavy atom. The lowest BCUT2D eigenvalue weighted by Gasteiger charge is -2.28. The highest BCUT2D eigenvalue weighted by atomic mass is 16.3. The van der Waals surface area contributed by atoms with Crippen LogP contribution in [0.15, 0.2) is 223 Å². The molecule has 0 amide bonds. The summed E-state index contributed by atoms with van der Waals surface area (Å²) in [5.74, 6) is 0. The molecule has 0 saturated heterocycles. The lowest BCUT2D eigenvalue weighted by Crippen LogP contribution is -2.11. The molecule has 2 aromatic heterocycles. The first kappa shape index (κ1) is 32.8. The molecule has 11 rings (SSSR count). The van der Waals surface area contributed by atoms with Gasteiger partial charge in [0.1, 0.15) is 11.2 Å². The van der Waals surface area contributed by atoms with Gasteiger partial charge in [0, 0.05) is 44.2 Å². The number of nitrogens with zero attached hydrogens (tertiary/aromatic N) is 2.